The molecule has 94 valence electrons. The van der Waals surface area contributed by atoms with Crippen molar-refractivity contribution in [2.24, 2.45) is 0 Å². The molecule has 17 heavy (non-hydrogen) atoms. The van der Waals surface area contributed by atoms with E-state index in [2.05, 4.69) is 0 Å². The molecule has 0 amide bonds. The highest BCUT2D eigenvalue weighted by molar-refractivity contribution is 5.57. The molecule has 0 aliphatic carbocycles. The molecule has 0 saturated heterocycles. The van der Waals surface area contributed by atoms with Gasteiger partial charge >= 0.3 is 6.16 Å². The zero-order chi connectivity index (χ0) is 12.9. The molecule has 0 aliphatic heterocycles. The van der Waals surface area contributed by atoms with Gasteiger partial charge in [0.05, 0.1) is 12.0 Å². The summed E-state index contributed by atoms with van der Waals surface area (Å²) >= 11 is 0. The highest BCUT2D eigenvalue weighted by Gasteiger charge is 2.36. The van der Waals surface area contributed by atoms with Crippen LogP contribution in [0.15, 0.2) is 30.3 Å². The Morgan fingerprint density at radius 2 is 2.00 bits per heavy atom. The summed E-state index contributed by atoms with van der Waals surface area (Å²) < 4.78 is 10.1. The van der Waals surface area contributed by atoms with E-state index in [0.717, 1.165) is 5.56 Å². The number of ether oxygens (including phenoxy) is 2. The van der Waals surface area contributed by atoms with Crippen LogP contribution in [0, 0.1) is 0 Å². The van der Waals surface area contributed by atoms with Crippen LogP contribution in [0.2, 0.25) is 0 Å². The predicted molar refractivity (Wildman–Crippen MR) is 64.2 cm³/mol. The van der Waals surface area contributed by atoms with Gasteiger partial charge in [0.25, 0.3) is 0 Å². The minimum absolute atomic E-state index is 0.394. The van der Waals surface area contributed by atoms with Crippen LogP contribution in [0.1, 0.15) is 19.4 Å². The Morgan fingerprint density at radius 1 is 1.41 bits per heavy atom. The van der Waals surface area contributed by atoms with E-state index in [9.17, 15) is 4.79 Å². The molecule has 4 heteroatoms. The molecule has 1 N–H and O–H groups in total. The van der Waals surface area contributed by atoms with Gasteiger partial charge in [-0.3, -0.25) is 0 Å². The Kier molecular flexibility index (Phi) is 4.52. The summed E-state index contributed by atoms with van der Waals surface area (Å²) in [6, 6.07) is 9.63. The topological polar surface area (TPSA) is 55.8 Å². The van der Waals surface area contributed by atoms with Crippen LogP contribution < -0.4 is 0 Å². The number of methoxy groups -OCH3 is 1. The lowest BCUT2D eigenvalue weighted by atomic mass is 9.78. The van der Waals surface area contributed by atoms with Crippen LogP contribution in [-0.2, 0) is 14.9 Å². The maximum atomic E-state index is 10.6. The average Bonchev–Trinajstić information content (AvgIpc) is 2.29. The third kappa shape index (κ3) is 3.20. The van der Waals surface area contributed by atoms with Crippen molar-refractivity contribution in [2.75, 3.05) is 13.7 Å². The molecule has 0 bridgehead atoms. The second kappa shape index (κ2) is 5.68. The predicted octanol–water partition coefficient (Wildman–Crippen LogP) is 2.67. The van der Waals surface area contributed by atoms with Crippen molar-refractivity contribution < 1.29 is 19.4 Å². The van der Waals surface area contributed by atoms with E-state index in [1.54, 1.807) is 14.0 Å². The Hall–Kier alpha value is -1.55. The Labute approximate surface area is 101 Å². The van der Waals surface area contributed by atoms with E-state index in [0.29, 0.717) is 6.61 Å². The normalized spacial score (nSPS) is 15.9. The second-order valence-corrected chi connectivity index (χ2v) is 4.24. The van der Waals surface area contributed by atoms with Crippen LogP contribution in [0.3, 0.4) is 0 Å². The van der Waals surface area contributed by atoms with Gasteiger partial charge in [-0.25, -0.2) is 4.79 Å². The Balaban J connectivity index is 3.00. The number of carbonyl (C=O) groups is 1. The van der Waals surface area contributed by atoms with Gasteiger partial charge in [-0.05, 0) is 19.4 Å². The van der Waals surface area contributed by atoms with Crippen LogP contribution >= 0.6 is 0 Å². The highest BCUT2D eigenvalue weighted by atomic mass is 16.7. The first-order valence-corrected chi connectivity index (χ1v) is 5.44. The smallest absolute Gasteiger partial charge is 0.450 e. The summed E-state index contributed by atoms with van der Waals surface area (Å²) in [5.74, 6) is 0. The van der Waals surface area contributed by atoms with Crippen molar-refractivity contribution in [3.05, 3.63) is 35.9 Å². The first-order valence-electron chi connectivity index (χ1n) is 5.44. The van der Waals surface area contributed by atoms with Gasteiger partial charge in [0.2, 0.25) is 0 Å². The van der Waals surface area contributed by atoms with E-state index in [4.69, 9.17) is 14.6 Å². The third-order valence-electron chi connectivity index (χ3n) is 3.05. The fourth-order valence-electron chi connectivity index (χ4n) is 1.84. The maximum Gasteiger partial charge on any atom is 0.506 e. The molecule has 0 saturated carbocycles. The van der Waals surface area contributed by atoms with Crippen molar-refractivity contribution in [3.8, 4) is 0 Å². The second-order valence-electron chi connectivity index (χ2n) is 4.24. The number of hydrogen-bond donors (Lipinski definition) is 1. The Morgan fingerprint density at radius 3 is 2.47 bits per heavy atom. The molecule has 0 radical (unpaired) electrons. The fourth-order valence-corrected chi connectivity index (χ4v) is 1.84. The molecule has 2 atom stereocenters. The fraction of sp³-hybridized carbons (Fsp3) is 0.462. The summed E-state index contributed by atoms with van der Waals surface area (Å²) in [6.07, 6.45) is -1.75. The molecule has 1 aromatic rings. The summed E-state index contributed by atoms with van der Waals surface area (Å²) in [5.41, 5.74) is 0.504. The van der Waals surface area contributed by atoms with Crippen molar-refractivity contribution in [2.45, 2.75) is 25.4 Å². The monoisotopic (exact) mass is 238 g/mol. The number of hydrogen-bond acceptors (Lipinski definition) is 3. The molecular formula is C13H18O4. The summed E-state index contributed by atoms with van der Waals surface area (Å²) in [7, 11) is 1.59. The SMILES string of the molecule is COCC(C)(c1ccccc1)C(C)OC(=O)O. The van der Waals surface area contributed by atoms with Crippen LogP contribution in [-0.4, -0.2) is 31.1 Å². The quantitative estimate of drug-likeness (QED) is 0.801. The van der Waals surface area contributed by atoms with Crippen LogP contribution in [0.25, 0.3) is 0 Å². The van der Waals surface area contributed by atoms with Crippen molar-refractivity contribution in [1.29, 1.82) is 0 Å². The summed E-state index contributed by atoms with van der Waals surface area (Å²) in [6.45, 7) is 4.06. The molecule has 4 nitrogen and oxygen atoms in total. The van der Waals surface area contributed by atoms with Crippen molar-refractivity contribution in [3.63, 3.8) is 0 Å². The van der Waals surface area contributed by atoms with Gasteiger partial charge in [0.15, 0.2) is 0 Å². The lowest BCUT2D eigenvalue weighted by molar-refractivity contribution is -0.000915. The molecular weight excluding hydrogens is 220 g/mol. The van der Waals surface area contributed by atoms with E-state index in [1.165, 1.54) is 0 Å². The lowest BCUT2D eigenvalue weighted by Crippen LogP contribution is -2.41. The average molecular weight is 238 g/mol. The maximum absolute atomic E-state index is 10.6. The molecule has 1 aromatic carbocycles. The minimum Gasteiger partial charge on any atom is -0.450 e. The standard InChI is InChI=1S/C13H18O4/c1-10(17-12(14)15)13(2,9-16-3)11-7-5-4-6-8-11/h4-8,10H,9H2,1-3H3,(H,14,15). The van der Waals surface area contributed by atoms with Crippen molar-refractivity contribution in [1.82, 2.24) is 0 Å². The van der Waals surface area contributed by atoms with Gasteiger partial charge in [-0.2, -0.15) is 0 Å². The summed E-state index contributed by atoms with van der Waals surface area (Å²) in [4.78, 5) is 10.6. The van der Waals surface area contributed by atoms with E-state index < -0.39 is 17.7 Å². The van der Waals surface area contributed by atoms with Crippen molar-refractivity contribution >= 4 is 6.16 Å². The van der Waals surface area contributed by atoms with Crippen LogP contribution in [0.5, 0.6) is 0 Å². The molecule has 0 spiro atoms. The number of benzene rings is 1. The first kappa shape index (κ1) is 13.5. The molecule has 2 unspecified atom stereocenters. The lowest BCUT2D eigenvalue weighted by Gasteiger charge is -2.34. The van der Waals surface area contributed by atoms with E-state index in [-0.39, 0.29) is 0 Å². The van der Waals surface area contributed by atoms with Crippen LogP contribution in [0.4, 0.5) is 4.79 Å². The third-order valence-corrected chi connectivity index (χ3v) is 3.05. The highest BCUT2D eigenvalue weighted by Crippen LogP contribution is 2.30. The number of carboxylic acid groups (broad SMARTS) is 1. The zero-order valence-electron chi connectivity index (χ0n) is 10.3. The zero-order valence-corrected chi connectivity index (χ0v) is 10.3. The molecule has 0 aromatic heterocycles. The number of rotatable bonds is 5. The molecule has 0 fully saturated rings. The Bertz CT molecular complexity index is 363. The molecule has 0 aliphatic rings. The van der Waals surface area contributed by atoms with Gasteiger partial charge < -0.3 is 14.6 Å². The largest absolute Gasteiger partial charge is 0.506 e. The molecule has 1 rings (SSSR count). The van der Waals surface area contributed by atoms with Gasteiger partial charge in [0.1, 0.15) is 6.10 Å². The summed E-state index contributed by atoms with van der Waals surface area (Å²) in [5, 5.41) is 8.70. The van der Waals surface area contributed by atoms with Gasteiger partial charge in [-0.15, -0.1) is 0 Å². The minimum atomic E-state index is -1.27. The van der Waals surface area contributed by atoms with Gasteiger partial charge in [-0.1, -0.05) is 30.3 Å². The first-order chi connectivity index (χ1) is 8.00. The van der Waals surface area contributed by atoms with Gasteiger partial charge in [0, 0.05) is 7.11 Å². The van der Waals surface area contributed by atoms with E-state index in [1.807, 2.05) is 37.3 Å². The molecule has 0 heterocycles. The van der Waals surface area contributed by atoms with E-state index >= 15 is 0 Å².